The van der Waals surface area contributed by atoms with Crippen LogP contribution in [0, 0.1) is 13.8 Å². The first-order chi connectivity index (χ1) is 10.6. The number of rotatable bonds is 3. The number of benzene rings is 2. The monoisotopic (exact) mass is 294 g/mol. The fraction of sp³-hybridized carbons (Fsp3) is 0.316. The summed E-state index contributed by atoms with van der Waals surface area (Å²) in [6.07, 6.45) is 3.60. The molecule has 0 spiro atoms. The van der Waals surface area contributed by atoms with E-state index in [0.29, 0.717) is 6.54 Å². The molecule has 0 heterocycles. The minimum atomic E-state index is -0.163. The molecule has 114 valence electrons. The van der Waals surface area contributed by atoms with Crippen molar-refractivity contribution in [3.63, 3.8) is 0 Å². The SMILES string of the molecule is Cc1ccc(NC(=O)NCc2ccc3c(c2)CCC3)cc1C. The van der Waals surface area contributed by atoms with Gasteiger partial charge < -0.3 is 10.6 Å². The van der Waals surface area contributed by atoms with Gasteiger partial charge in [-0.15, -0.1) is 0 Å². The van der Waals surface area contributed by atoms with Gasteiger partial charge in [0.25, 0.3) is 0 Å². The summed E-state index contributed by atoms with van der Waals surface area (Å²) in [7, 11) is 0. The average molecular weight is 294 g/mol. The lowest BCUT2D eigenvalue weighted by atomic mass is 10.1. The van der Waals surface area contributed by atoms with Gasteiger partial charge in [-0.1, -0.05) is 24.3 Å². The smallest absolute Gasteiger partial charge is 0.319 e. The molecule has 0 aliphatic heterocycles. The van der Waals surface area contributed by atoms with Crippen molar-refractivity contribution in [3.8, 4) is 0 Å². The maximum absolute atomic E-state index is 12.0. The van der Waals surface area contributed by atoms with Crippen LogP contribution in [0.25, 0.3) is 0 Å². The highest BCUT2D eigenvalue weighted by atomic mass is 16.2. The van der Waals surface area contributed by atoms with Gasteiger partial charge in [0.15, 0.2) is 0 Å². The Morgan fingerprint density at radius 1 is 1.00 bits per heavy atom. The number of nitrogens with one attached hydrogen (secondary N) is 2. The summed E-state index contributed by atoms with van der Waals surface area (Å²) in [6, 6.07) is 12.3. The van der Waals surface area contributed by atoms with Crippen LogP contribution < -0.4 is 10.6 Å². The summed E-state index contributed by atoms with van der Waals surface area (Å²) in [5.41, 5.74) is 7.29. The third-order valence-electron chi connectivity index (χ3n) is 4.38. The van der Waals surface area contributed by atoms with E-state index in [9.17, 15) is 4.79 Å². The molecule has 2 aromatic carbocycles. The number of urea groups is 1. The lowest BCUT2D eigenvalue weighted by Gasteiger charge is -2.10. The Morgan fingerprint density at radius 2 is 1.82 bits per heavy atom. The van der Waals surface area contributed by atoms with E-state index in [1.54, 1.807) is 0 Å². The fourth-order valence-corrected chi connectivity index (χ4v) is 2.91. The molecule has 3 nitrogen and oxygen atoms in total. The summed E-state index contributed by atoms with van der Waals surface area (Å²) in [5, 5.41) is 5.81. The van der Waals surface area contributed by atoms with Gasteiger partial charge in [-0.2, -0.15) is 0 Å². The van der Waals surface area contributed by atoms with Crippen molar-refractivity contribution in [2.75, 3.05) is 5.32 Å². The number of amides is 2. The summed E-state index contributed by atoms with van der Waals surface area (Å²) in [4.78, 5) is 12.0. The zero-order chi connectivity index (χ0) is 15.5. The van der Waals surface area contributed by atoms with Gasteiger partial charge in [0.2, 0.25) is 0 Å². The molecule has 2 aromatic rings. The van der Waals surface area contributed by atoms with E-state index in [2.05, 4.69) is 35.8 Å². The molecule has 0 aromatic heterocycles. The van der Waals surface area contributed by atoms with Crippen molar-refractivity contribution in [2.45, 2.75) is 39.7 Å². The first-order valence-electron chi connectivity index (χ1n) is 7.84. The molecule has 3 rings (SSSR count). The van der Waals surface area contributed by atoms with Crippen molar-refractivity contribution in [1.29, 1.82) is 0 Å². The number of anilines is 1. The molecule has 3 heteroatoms. The van der Waals surface area contributed by atoms with Crippen LogP contribution in [0.15, 0.2) is 36.4 Å². The Kier molecular flexibility index (Phi) is 4.14. The van der Waals surface area contributed by atoms with Crippen LogP contribution in [-0.2, 0) is 19.4 Å². The molecule has 0 saturated heterocycles. The molecular weight excluding hydrogens is 272 g/mol. The molecule has 22 heavy (non-hydrogen) atoms. The molecular formula is C19H22N2O. The largest absolute Gasteiger partial charge is 0.334 e. The highest BCUT2D eigenvalue weighted by Crippen LogP contribution is 2.22. The minimum Gasteiger partial charge on any atom is -0.334 e. The Hall–Kier alpha value is -2.29. The first-order valence-corrected chi connectivity index (χ1v) is 7.84. The first kappa shape index (κ1) is 14.6. The summed E-state index contributed by atoms with van der Waals surface area (Å²) >= 11 is 0. The molecule has 2 amide bonds. The predicted molar refractivity (Wildman–Crippen MR) is 90.2 cm³/mol. The van der Waals surface area contributed by atoms with Gasteiger partial charge in [0.1, 0.15) is 0 Å². The third-order valence-corrected chi connectivity index (χ3v) is 4.38. The highest BCUT2D eigenvalue weighted by Gasteiger charge is 2.11. The van der Waals surface area contributed by atoms with Crippen LogP contribution >= 0.6 is 0 Å². The van der Waals surface area contributed by atoms with Crippen molar-refractivity contribution < 1.29 is 4.79 Å². The molecule has 1 aliphatic rings. The van der Waals surface area contributed by atoms with Crippen LogP contribution in [0.1, 0.15) is 34.2 Å². The number of carbonyl (C=O) groups excluding carboxylic acids is 1. The van der Waals surface area contributed by atoms with Gasteiger partial charge >= 0.3 is 6.03 Å². The topological polar surface area (TPSA) is 41.1 Å². The number of carbonyl (C=O) groups is 1. The number of aryl methyl sites for hydroxylation is 4. The van der Waals surface area contributed by atoms with Gasteiger partial charge in [-0.3, -0.25) is 0 Å². The summed E-state index contributed by atoms with van der Waals surface area (Å²) < 4.78 is 0. The molecule has 1 aliphatic carbocycles. The quantitative estimate of drug-likeness (QED) is 0.878. The van der Waals surface area contributed by atoms with Crippen LogP contribution in [-0.4, -0.2) is 6.03 Å². The Balaban J connectivity index is 1.57. The van der Waals surface area contributed by atoms with E-state index in [0.717, 1.165) is 17.7 Å². The van der Waals surface area contributed by atoms with E-state index in [-0.39, 0.29) is 6.03 Å². The molecule has 0 unspecified atom stereocenters. The Bertz CT molecular complexity index is 707. The fourth-order valence-electron chi connectivity index (χ4n) is 2.91. The zero-order valence-corrected chi connectivity index (χ0v) is 13.2. The van der Waals surface area contributed by atoms with E-state index in [1.807, 2.05) is 25.1 Å². The van der Waals surface area contributed by atoms with Crippen molar-refractivity contribution in [1.82, 2.24) is 5.32 Å². The zero-order valence-electron chi connectivity index (χ0n) is 13.2. The lowest BCUT2D eigenvalue weighted by molar-refractivity contribution is 0.251. The second kappa shape index (κ2) is 6.22. The molecule has 0 saturated carbocycles. The van der Waals surface area contributed by atoms with Crippen LogP contribution in [0.2, 0.25) is 0 Å². The maximum atomic E-state index is 12.0. The van der Waals surface area contributed by atoms with Crippen molar-refractivity contribution in [3.05, 3.63) is 64.2 Å². The van der Waals surface area contributed by atoms with E-state index >= 15 is 0 Å². The Morgan fingerprint density at radius 3 is 2.64 bits per heavy atom. The summed E-state index contributed by atoms with van der Waals surface area (Å²) in [6.45, 7) is 4.67. The van der Waals surface area contributed by atoms with Gasteiger partial charge in [0.05, 0.1) is 0 Å². The lowest BCUT2D eigenvalue weighted by Crippen LogP contribution is -2.28. The van der Waals surface area contributed by atoms with E-state index < -0.39 is 0 Å². The predicted octanol–water partition coefficient (Wildman–Crippen LogP) is 4.11. The molecule has 0 bridgehead atoms. The minimum absolute atomic E-state index is 0.163. The Labute approximate surface area is 131 Å². The van der Waals surface area contributed by atoms with E-state index in [4.69, 9.17) is 0 Å². The highest BCUT2D eigenvalue weighted by molar-refractivity contribution is 5.89. The van der Waals surface area contributed by atoms with Crippen molar-refractivity contribution in [2.24, 2.45) is 0 Å². The molecule has 0 atom stereocenters. The number of fused-ring (bicyclic) bond motifs is 1. The van der Waals surface area contributed by atoms with Gasteiger partial charge in [-0.25, -0.2) is 4.79 Å². The standard InChI is InChI=1S/C19H22N2O/c1-13-6-9-18(10-14(13)2)21-19(22)20-12-15-7-8-16-4-3-5-17(16)11-15/h6-11H,3-5,12H2,1-2H3,(H2,20,21,22). The average Bonchev–Trinajstić information content (AvgIpc) is 2.96. The van der Waals surface area contributed by atoms with Crippen molar-refractivity contribution >= 4 is 11.7 Å². The molecule has 2 N–H and O–H groups in total. The maximum Gasteiger partial charge on any atom is 0.319 e. The molecule has 0 fully saturated rings. The van der Waals surface area contributed by atoms with Crippen LogP contribution in [0.3, 0.4) is 0 Å². The molecule has 0 radical (unpaired) electrons. The van der Waals surface area contributed by atoms with Crippen LogP contribution in [0.4, 0.5) is 10.5 Å². The van der Waals surface area contributed by atoms with Crippen LogP contribution in [0.5, 0.6) is 0 Å². The second-order valence-electron chi connectivity index (χ2n) is 6.06. The van der Waals surface area contributed by atoms with Gasteiger partial charge in [-0.05, 0) is 73.1 Å². The normalized spacial score (nSPS) is 12.8. The second-order valence-corrected chi connectivity index (χ2v) is 6.06. The number of hydrogen-bond acceptors (Lipinski definition) is 1. The number of hydrogen-bond donors (Lipinski definition) is 2. The van der Waals surface area contributed by atoms with Gasteiger partial charge in [0, 0.05) is 12.2 Å². The summed E-state index contributed by atoms with van der Waals surface area (Å²) in [5.74, 6) is 0. The van der Waals surface area contributed by atoms with E-state index in [1.165, 1.54) is 35.1 Å². The third kappa shape index (κ3) is 3.30.